The zero-order valence-corrected chi connectivity index (χ0v) is 28.4. The molecule has 0 N–H and O–H groups in total. The molecular formula is C48H37N. The fourth-order valence-electron chi connectivity index (χ4n) is 9.11. The predicted molar refractivity (Wildman–Crippen MR) is 207 cm³/mol. The van der Waals surface area contributed by atoms with E-state index in [1.807, 2.05) is 0 Å². The number of para-hydroxylation sites is 2. The number of rotatable bonds is 3. The molecule has 0 saturated carbocycles. The van der Waals surface area contributed by atoms with Crippen molar-refractivity contribution in [1.82, 2.24) is 4.57 Å². The van der Waals surface area contributed by atoms with Crippen molar-refractivity contribution in [2.75, 3.05) is 0 Å². The van der Waals surface area contributed by atoms with E-state index in [1.165, 1.54) is 94.3 Å². The van der Waals surface area contributed by atoms with Crippen molar-refractivity contribution in [1.29, 1.82) is 0 Å². The monoisotopic (exact) mass is 627 g/mol. The van der Waals surface area contributed by atoms with Crippen LogP contribution in [-0.2, 0) is 10.8 Å². The van der Waals surface area contributed by atoms with E-state index < -0.39 is 0 Å². The van der Waals surface area contributed by atoms with Crippen molar-refractivity contribution in [3.8, 4) is 50.2 Å². The van der Waals surface area contributed by atoms with E-state index in [4.69, 9.17) is 0 Å². The molecule has 10 rings (SSSR count). The predicted octanol–water partition coefficient (Wildman–Crippen LogP) is 12.7. The third-order valence-corrected chi connectivity index (χ3v) is 11.6. The summed E-state index contributed by atoms with van der Waals surface area (Å²) in [4.78, 5) is 0. The SMILES string of the molecule is CC1(C)c2ccccc2-c2ccc(-c3ccc(-c4ccc5c(c4)C(C)(C)c4c-5ccc5c6ccccc6n(-c6ccccc6)c45)cc3)cc21. The third-order valence-electron chi connectivity index (χ3n) is 11.6. The minimum absolute atomic E-state index is 0.00227. The first kappa shape index (κ1) is 28.4. The maximum absolute atomic E-state index is 2.48. The van der Waals surface area contributed by atoms with Gasteiger partial charge in [-0.2, -0.15) is 0 Å². The standard InChI is InChI=1S/C48H37N/c1-47(2)41-16-10-8-14-35(41)36-24-22-32(28-42(36)47)30-18-20-31(21-19-30)33-23-25-37-39-26-27-40-38-15-9-11-17-44(38)49(34-12-6-5-7-13-34)46(40)45(39)48(3,4)43(37)29-33/h5-29H,1-4H3. The van der Waals surface area contributed by atoms with E-state index in [9.17, 15) is 0 Å². The number of nitrogens with zero attached hydrogens (tertiary/aromatic N) is 1. The van der Waals surface area contributed by atoms with Gasteiger partial charge in [-0.15, -0.1) is 0 Å². The average molecular weight is 628 g/mol. The number of aromatic nitrogens is 1. The maximum atomic E-state index is 2.48. The molecule has 1 nitrogen and oxygen atoms in total. The van der Waals surface area contributed by atoms with Crippen molar-refractivity contribution < 1.29 is 0 Å². The second kappa shape index (κ2) is 9.94. The van der Waals surface area contributed by atoms with Gasteiger partial charge in [-0.3, -0.25) is 0 Å². The summed E-state index contributed by atoms with van der Waals surface area (Å²) < 4.78 is 2.48. The van der Waals surface area contributed by atoms with Crippen LogP contribution in [0.1, 0.15) is 49.9 Å². The van der Waals surface area contributed by atoms with Crippen LogP contribution in [0.2, 0.25) is 0 Å². The molecule has 0 saturated heterocycles. The van der Waals surface area contributed by atoms with E-state index in [0.29, 0.717) is 0 Å². The first-order valence-corrected chi connectivity index (χ1v) is 17.4. The Morgan fingerprint density at radius 3 is 1.63 bits per heavy atom. The molecule has 0 aliphatic heterocycles. The minimum Gasteiger partial charge on any atom is -0.309 e. The molecule has 1 aromatic heterocycles. The maximum Gasteiger partial charge on any atom is 0.0588 e. The number of hydrogen-bond acceptors (Lipinski definition) is 0. The Labute approximate surface area is 288 Å². The summed E-state index contributed by atoms with van der Waals surface area (Å²) in [5.41, 5.74) is 19.7. The molecule has 0 amide bonds. The van der Waals surface area contributed by atoms with E-state index >= 15 is 0 Å². The molecule has 0 unspecified atom stereocenters. The Balaban J connectivity index is 1.05. The molecule has 0 radical (unpaired) electrons. The summed E-state index contributed by atoms with van der Waals surface area (Å²) in [7, 11) is 0. The molecule has 49 heavy (non-hydrogen) atoms. The quantitative estimate of drug-likeness (QED) is 0.184. The van der Waals surface area contributed by atoms with Gasteiger partial charge in [0.05, 0.1) is 11.0 Å². The van der Waals surface area contributed by atoms with E-state index in [1.54, 1.807) is 0 Å². The molecule has 0 atom stereocenters. The van der Waals surface area contributed by atoms with Gasteiger partial charge in [0.1, 0.15) is 0 Å². The highest BCUT2D eigenvalue weighted by molar-refractivity contribution is 6.13. The first-order chi connectivity index (χ1) is 23.8. The molecule has 2 aliphatic rings. The largest absolute Gasteiger partial charge is 0.309 e. The van der Waals surface area contributed by atoms with Crippen molar-refractivity contribution in [3.05, 3.63) is 174 Å². The van der Waals surface area contributed by atoms with E-state index in [0.717, 1.165) is 0 Å². The summed E-state index contributed by atoms with van der Waals surface area (Å²) in [6.45, 7) is 9.52. The molecule has 0 fully saturated rings. The van der Waals surface area contributed by atoms with Gasteiger partial charge >= 0.3 is 0 Å². The highest BCUT2D eigenvalue weighted by atomic mass is 15.0. The van der Waals surface area contributed by atoms with Crippen LogP contribution < -0.4 is 0 Å². The molecule has 0 spiro atoms. The van der Waals surface area contributed by atoms with Gasteiger partial charge in [-0.05, 0) is 97.1 Å². The lowest BCUT2D eigenvalue weighted by atomic mass is 9.80. The van der Waals surface area contributed by atoms with E-state index in [-0.39, 0.29) is 10.8 Å². The van der Waals surface area contributed by atoms with Gasteiger partial charge in [0.2, 0.25) is 0 Å². The van der Waals surface area contributed by atoms with Gasteiger partial charge in [-0.25, -0.2) is 0 Å². The summed E-state index contributed by atoms with van der Waals surface area (Å²) in [5, 5.41) is 2.61. The van der Waals surface area contributed by atoms with Gasteiger partial charge in [0.25, 0.3) is 0 Å². The minimum atomic E-state index is -0.171. The lowest BCUT2D eigenvalue weighted by Gasteiger charge is -2.24. The van der Waals surface area contributed by atoms with Crippen LogP contribution in [0.5, 0.6) is 0 Å². The van der Waals surface area contributed by atoms with Gasteiger partial charge in [0.15, 0.2) is 0 Å². The van der Waals surface area contributed by atoms with Crippen LogP contribution in [-0.4, -0.2) is 4.57 Å². The molecular weight excluding hydrogens is 591 g/mol. The second-order valence-electron chi connectivity index (χ2n) is 15.0. The lowest BCUT2D eigenvalue weighted by molar-refractivity contribution is 0.660. The fourth-order valence-corrected chi connectivity index (χ4v) is 9.11. The van der Waals surface area contributed by atoms with Crippen LogP contribution >= 0.6 is 0 Å². The molecule has 8 aromatic rings. The zero-order valence-electron chi connectivity index (χ0n) is 28.4. The second-order valence-corrected chi connectivity index (χ2v) is 15.0. The smallest absolute Gasteiger partial charge is 0.0588 e. The lowest BCUT2D eigenvalue weighted by Crippen LogP contribution is -2.16. The van der Waals surface area contributed by atoms with Crippen molar-refractivity contribution in [2.24, 2.45) is 0 Å². The molecule has 7 aromatic carbocycles. The topological polar surface area (TPSA) is 4.93 Å². The molecule has 1 heteroatoms. The van der Waals surface area contributed by atoms with Crippen LogP contribution in [0, 0.1) is 0 Å². The Hall–Kier alpha value is -5.66. The van der Waals surface area contributed by atoms with Crippen LogP contribution in [0.4, 0.5) is 0 Å². The van der Waals surface area contributed by atoms with Crippen LogP contribution in [0.3, 0.4) is 0 Å². The molecule has 2 aliphatic carbocycles. The number of benzene rings is 7. The van der Waals surface area contributed by atoms with E-state index in [2.05, 4.69) is 184 Å². The summed E-state index contributed by atoms with van der Waals surface area (Å²) in [5.74, 6) is 0. The number of hydrogen-bond donors (Lipinski definition) is 0. The van der Waals surface area contributed by atoms with Crippen molar-refractivity contribution >= 4 is 21.8 Å². The van der Waals surface area contributed by atoms with Gasteiger partial charge in [0, 0.05) is 27.3 Å². The summed E-state index contributed by atoms with van der Waals surface area (Å²) >= 11 is 0. The Bertz CT molecular complexity index is 2630. The molecule has 1 heterocycles. The number of fused-ring (bicyclic) bond motifs is 10. The Morgan fingerprint density at radius 1 is 0.388 bits per heavy atom. The zero-order chi connectivity index (χ0) is 33.1. The summed E-state index contributed by atoms with van der Waals surface area (Å²) in [6.07, 6.45) is 0. The highest BCUT2D eigenvalue weighted by Gasteiger charge is 2.39. The van der Waals surface area contributed by atoms with Crippen molar-refractivity contribution in [3.63, 3.8) is 0 Å². The van der Waals surface area contributed by atoms with Gasteiger partial charge < -0.3 is 4.57 Å². The molecule has 0 bridgehead atoms. The van der Waals surface area contributed by atoms with Crippen molar-refractivity contribution in [2.45, 2.75) is 38.5 Å². The Morgan fingerprint density at radius 2 is 0.918 bits per heavy atom. The molecule has 234 valence electrons. The van der Waals surface area contributed by atoms with Gasteiger partial charge in [-0.1, -0.05) is 149 Å². The first-order valence-electron chi connectivity index (χ1n) is 17.4. The third kappa shape index (κ3) is 3.88. The Kier molecular flexibility index (Phi) is 5.75. The van der Waals surface area contributed by atoms with Crippen LogP contribution in [0.15, 0.2) is 152 Å². The van der Waals surface area contributed by atoms with Crippen LogP contribution in [0.25, 0.3) is 72.0 Å². The fraction of sp³-hybridized carbons (Fsp3) is 0.125. The normalized spacial score (nSPS) is 14.9. The average Bonchev–Trinajstić information content (AvgIpc) is 3.68. The summed E-state index contributed by atoms with van der Waals surface area (Å²) in [6, 6.07) is 56.5. The highest BCUT2D eigenvalue weighted by Crippen LogP contribution is 2.54.